The average Bonchev–Trinajstić information content (AvgIpc) is 2.62. The van der Waals surface area contributed by atoms with Crippen LogP contribution >= 0.6 is 0 Å². The molecule has 1 unspecified atom stereocenters. The Balaban J connectivity index is 2.33. The zero-order chi connectivity index (χ0) is 11.3. The summed E-state index contributed by atoms with van der Waals surface area (Å²) in [6.07, 6.45) is 1.27. The first kappa shape index (κ1) is 12.1. The van der Waals surface area contributed by atoms with Crippen LogP contribution in [0.3, 0.4) is 0 Å². The minimum absolute atomic E-state index is 0.120. The van der Waals surface area contributed by atoms with E-state index in [1.165, 1.54) is 0 Å². The van der Waals surface area contributed by atoms with E-state index in [4.69, 9.17) is 10.5 Å². The Morgan fingerprint density at radius 2 is 2.33 bits per heavy atom. The summed E-state index contributed by atoms with van der Waals surface area (Å²) >= 11 is 0. The van der Waals surface area contributed by atoms with Crippen LogP contribution in [-0.2, 0) is 17.8 Å². The van der Waals surface area contributed by atoms with E-state index in [0.29, 0.717) is 25.4 Å². The number of nitrogens with two attached hydrogens (primary N) is 1. The zero-order valence-electron chi connectivity index (χ0n) is 9.13. The normalized spacial score (nSPS) is 13.4. The van der Waals surface area contributed by atoms with E-state index >= 15 is 0 Å². The van der Waals surface area contributed by atoms with Crippen molar-refractivity contribution < 1.29 is 9.84 Å². The highest BCUT2D eigenvalue weighted by Crippen LogP contribution is 1.97. The van der Waals surface area contributed by atoms with Gasteiger partial charge in [0.25, 0.3) is 0 Å². The zero-order valence-corrected chi connectivity index (χ0v) is 9.13. The number of hydrogen-bond acceptors (Lipinski definition) is 5. The molecule has 0 radical (unpaired) electrons. The quantitative estimate of drug-likeness (QED) is 0.668. The summed E-state index contributed by atoms with van der Waals surface area (Å²) in [4.78, 5) is 0. The van der Waals surface area contributed by atoms with E-state index in [1.54, 1.807) is 10.9 Å². The molecule has 0 bridgehead atoms. The molecule has 1 aromatic heterocycles. The van der Waals surface area contributed by atoms with Crippen LogP contribution in [0.2, 0.25) is 0 Å². The van der Waals surface area contributed by atoms with Gasteiger partial charge in [0, 0.05) is 12.7 Å². The van der Waals surface area contributed by atoms with E-state index in [0.717, 1.165) is 0 Å². The van der Waals surface area contributed by atoms with Crippen LogP contribution < -0.4 is 5.73 Å². The SMILES string of the molecule is CC(C)OCC(O)Cn1cc(CN)nn1. The van der Waals surface area contributed by atoms with E-state index in [-0.39, 0.29) is 6.10 Å². The standard InChI is InChI=1S/C9H18N4O2/c1-7(2)15-6-9(14)5-13-4-8(3-10)11-12-13/h4,7,9,14H,3,5-6,10H2,1-2H3. The number of hydrogen-bond donors (Lipinski definition) is 2. The summed E-state index contributed by atoms with van der Waals surface area (Å²) in [5, 5.41) is 17.2. The number of rotatable bonds is 6. The predicted octanol–water partition coefficient (Wildman–Crippen LogP) is -0.477. The minimum atomic E-state index is -0.570. The third kappa shape index (κ3) is 4.37. The van der Waals surface area contributed by atoms with Crippen LogP contribution in [0.15, 0.2) is 6.20 Å². The van der Waals surface area contributed by atoms with Crippen molar-refractivity contribution in [1.29, 1.82) is 0 Å². The number of aliphatic hydroxyl groups is 1. The highest BCUT2D eigenvalue weighted by Gasteiger charge is 2.08. The first-order valence-electron chi connectivity index (χ1n) is 5.00. The Morgan fingerprint density at radius 3 is 2.87 bits per heavy atom. The molecule has 0 saturated heterocycles. The lowest BCUT2D eigenvalue weighted by Gasteiger charge is -2.12. The molecule has 0 aliphatic rings. The molecular weight excluding hydrogens is 196 g/mol. The van der Waals surface area contributed by atoms with E-state index < -0.39 is 6.10 Å². The summed E-state index contributed by atoms with van der Waals surface area (Å²) < 4.78 is 6.84. The molecule has 86 valence electrons. The van der Waals surface area contributed by atoms with Gasteiger partial charge in [-0.2, -0.15) is 0 Å². The lowest BCUT2D eigenvalue weighted by molar-refractivity contribution is -0.00221. The molecule has 6 nitrogen and oxygen atoms in total. The Morgan fingerprint density at radius 1 is 1.60 bits per heavy atom. The average molecular weight is 214 g/mol. The van der Waals surface area contributed by atoms with Gasteiger partial charge in [0.05, 0.1) is 31.1 Å². The number of nitrogens with zero attached hydrogens (tertiary/aromatic N) is 3. The van der Waals surface area contributed by atoms with Gasteiger partial charge in [-0.1, -0.05) is 5.21 Å². The van der Waals surface area contributed by atoms with Crippen LogP contribution in [0.4, 0.5) is 0 Å². The van der Waals surface area contributed by atoms with E-state index in [2.05, 4.69) is 10.3 Å². The number of aliphatic hydroxyl groups excluding tert-OH is 1. The monoisotopic (exact) mass is 214 g/mol. The molecule has 6 heteroatoms. The second-order valence-electron chi connectivity index (χ2n) is 3.67. The fourth-order valence-corrected chi connectivity index (χ4v) is 1.09. The maximum Gasteiger partial charge on any atom is 0.0969 e. The molecule has 0 fully saturated rings. The van der Waals surface area contributed by atoms with Gasteiger partial charge < -0.3 is 15.6 Å². The smallest absolute Gasteiger partial charge is 0.0969 e. The van der Waals surface area contributed by atoms with Crippen molar-refractivity contribution in [3.8, 4) is 0 Å². The van der Waals surface area contributed by atoms with Crippen LogP contribution in [0.5, 0.6) is 0 Å². The van der Waals surface area contributed by atoms with Crippen molar-refractivity contribution in [2.24, 2.45) is 5.73 Å². The third-order valence-electron chi connectivity index (χ3n) is 1.81. The van der Waals surface area contributed by atoms with Gasteiger partial charge in [-0.15, -0.1) is 5.10 Å². The first-order chi connectivity index (χ1) is 7.11. The summed E-state index contributed by atoms with van der Waals surface area (Å²) in [5.41, 5.74) is 6.10. The van der Waals surface area contributed by atoms with Gasteiger partial charge in [0.2, 0.25) is 0 Å². The Bertz CT molecular complexity index is 287. The summed E-state index contributed by atoms with van der Waals surface area (Å²) in [5.74, 6) is 0. The second-order valence-corrected chi connectivity index (χ2v) is 3.67. The van der Waals surface area contributed by atoms with Crippen molar-refractivity contribution in [3.05, 3.63) is 11.9 Å². The maximum absolute atomic E-state index is 9.59. The highest BCUT2D eigenvalue weighted by atomic mass is 16.5. The van der Waals surface area contributed by atoms with Gasteiger partial charge in [0.15, 0.2) is 0 Å². The van der Waals surface area contributed by atoms with Gasteiger partial charge in [0.1, 0.15) is 0 Å². The largest absolute Gasteiger partial charge is 0.389 e. The Kier molecular flexibility index (Phi) is 4.67. The van der Waals surface area contributed by atoms with Gasteiger partial charge in [-0.05, 0) is 13.8 Å². The van der Waals surface area contributed by atoms with E-state index in [9.17, 15) is 5.11 Å². The molecule has 0 aliphatic carbocycles. The predicted molar refractivity (Wildman–Crippen MR) is 55.0 cm³/mol. The molecule has 0 aliphatic heterocycles. The molecule has 3 N–H and O–H groups in total. The Labute approximate surface area is 89.0 Å². The van der Waals surface area contributed by atoms with Gasteiger partial charge in [-0.3, -0.25) is 0 Å². The van der Waals surface area contributed by atoms with E-state index in [1.807, 2.05) is 13.8 Å². The lowest BCUT2D eigenvalue weighted by Crippen LogP contribution is -2.24. The van der Waals surface area contributed by atoms with Gasteiger partial charge >= 0.3 is 0 Å². The minimum Gasteiger partial charge on any atom is -0.389 e. The topological polar surface area (TPSA) is 86.2 Å². The molecule has 0 spiro atoms. The summed E-state index contributed by atoms with van der Waals surface area (Å²) in [6.45, 7) is 4.89. The molecule has 1 aromatic rings. The molecule has 1 heterocycles. The molecule has 0 amide bonds. The molecule has 1 rings (SSSR count). The molecular formula is C9H18N4O2. The van der Waals surface area contributed by atoms with Crippen molar-refractivity contribution in [2.45, 2.75) is 39.1 Å². The second kappa shape index (κ2) is 5.79. The van der Waals surface area contributed by atoms with Crippen LogP contribution in [0, 0.1) is 0 Å². The fourth-order valence-electron chi connectivity index (χ4n) is 1.09. The lowest BCUT2D eigenvalue weighted by atomic mass is 10.3. The molecule has 0 aromatic carbocycles. The van der Waals surface area contributed by atoms with Crippen LogP contribution in [0.1, 0.15) is 19.5 Å². The summed E-state index contributed by atoms with van der Waals surface area (Å²) in [7, 11) is 0. The van der Waals surface area contributed by atoms with Crippen LogP contribution in [0.25, 0.3) is 0 Å². The Hall–Kier alpha value is -0.980. The van der Waals surface area contributed by atoms with Gasteiger partial charge in [-0.25, -0.2) is 4.68 Å². The van der Waals surface area contributed by atoms with Crippen LogP contribution in [-0.4, -0.2) is 38.9 Å². The molecule has 15 heavy (non-hydrogen) atoms. The summed E-state index contributed by atoms with van der Waals surface area (Å²) in [6, 6.07) is 0. The van der Waals surface area contributed by atoms with Crippen molar-refractivity contribution in [1.82, 2.24) is 15.0 Å². The van der Waals surface area contributed by atoms with Crippen molar-refractivity contribution in [3.63, 3.8) is 0 Å². The maximum atomic E-state index is 9.59. The van der Waals surface area contributed by atoms with Crippen molar-refractivity contribution >= 4 is 0 Å². The molecule has 1 atom stereocenters. The fraction of sp³-hybridized carbons (Fsp3) is 0.778. The number of aromatic nitrogens is 3. The van der Waals surface area contributed by atoms with Crippen molar-refractivity contribution in [2.75, 3.05) is 6.61 Å². The first-order valence-corrected chi connectivity index (χ1v) is 5.00. The highest BCUT2D eigenvalue weighted by molar-refractivity contribution is 4.90. The third-order valence-corrected chi connectivity index (χ3v) is 1.81. The molecule has 0 saturated carbocycles. The number of ether oxygens (including phenoxy) is 1.